The Labute approximate surface area is 206 Å². The SMILES string of the molecule is CCC1=C2[C@@H](CC/C(C)=C/c3ccccc3O)OB(O)C[C@@H]2[C@@H]2C(=O)c3ccccc3C(=O)[C@@H]2C1. The van der Waals surface area contributed by atoms with Gasteiger partial charge in [0.05, 0.1) is 6.10 Å². The van der Waals surface area contributed by atoms with Crippen molar-refractivity contribution < 1.29 is 24.4 Å². The number of Topliss-reactive ketones (excluding diaryl/α,β-unsaturated/α-hetero) is 2. The van der Waals surface area contributed by atoms with Gasteiger partial charge in [0.25, 0.3) is 0 Å². The number of fused-ring (bicyclic) bond motifs is 4. The molecule has 2 aromatic rings. The van der Waals surface area contributed by atoms with E-state index in [9.17, 15) is 19.7 Å². The minimum atomic E-state index is -0.965. The fourth-order valence-corrected chi connectivity index (χ4v) is 6.31. The standard InChI is InChI=1S/C29H31BO5/c1-3-18-15-22-27(29(33)21-10-6-5-9-20(21)28(22)32)23-16-30(34)35-25(26(18)23)13-12-17(2)14-19-8-4-7-11-24(19)31/h4-11,14,22-23,25,27,31,34H,3,12-13,15-16H2,1-2H3/b17-14+/t22-,23+,25-,27-/m1/s1. The Hall–Kier alpha value is -2.96. The van der Waals surface area contributed by atoms with E-state index in [1.807, 2.05) is 37.3 Å². The van der Waals surface area contributed by atoms with Crippen LogP contribution in [0.5, 0.6) is 5.75 Å². The zero-order valence-electron chi connectivity index (χ0n) is 20.2. The van der Waals surface area contributed by atoms with Crippen molar-refractivity contribution in [3.63, 3.8) is 0 Å². The minimum absolute atomic E-state index is 0.0198. The molecular weight excluding hydrogens is 439 g/mol. The predicted molar refractivity (Wildman–Crippen MR) is 136 cm³/mol. The Bertz CT molecular complexity index is 1230. The molecule has 1 fully saturated rings. The highest BCUT2D eigenvalue weighted by Crippen LogP contribution is 2.51. The molecule has 0 bridgehead atoms. The summed E-state index contributed by atoms with van der Waals surface area (Å²) in [4.78, 5) is 27.0. The molecule has 0 amide bonds. The van der Waals surface area contributed by atoms with Crippen LogP contribution in [0.15, 0.2) is 65.3 Å². The Kier molecular flexibility index (Phi) is 6.52. The fraction of sp³-hybridized carbons (Fsp3) is 0.379. The molecule has 0 saturated carbocycles. The van der Waals surface area contributed by atoms with Crippen LogP contribution in [-0.4, -0.2) is 34.9 Å². The van der Waals surface area contributed by atoms with Gasteiger partial charge in [0.1, 0.15) is 5.75 Å². The van der Waals surface area contributed by atoms with Gasteiger partial charge in [-0.15, -0.1) is 0 Å². The van der Waals surface area contributed by atoms with Crippen LogP contribution < -0.4 is 0 Å². The molecule has 2 N–H and O–H groups in total. The topological polar surface area (TPSA) is 83.8 Å². The number of hydrogen-bond donors (Lipinski definition) is 2. The normalized spacial score (nSPS) is 26.4. The highest BCUT2D eigenvalue weighted by Gasteiger charge is 2.53. The lowest BCUT2D eigenvalue weighted by atomic mass is 9.54. The van der Waals surface area contributed by atoms with E-state index in [1.54, 1.807) is 24.3 Å². The number of carbonyl (C=O) groups excluding carboxylic acids is 2. The second-order valence-electron chi connectivity index (χ2n) is 10.0. The summed E-state index contributed by atoms with van der Waals surface area (Å²) >= 11 is 0. The molecule has 2 aromatic carbocycles. The molecule has 0 unspecified atom stereocenters. The molecule has 0 radical (unpaired) electrons. The van der Waals surface area contributed by atoms with Crippen LogP contribution in [0.4, 0.5) is 0 Å². The molecule has 3 aliphatic rings. The van der Waals surface area contributed by atoms with E-state index in [1.165, 1.54) is 5.57 Å². The zero-order chi connectivity index (χ0) is 24.7. The number of para-hydroxylation sites is 1. The van der Waals surface area contributed by atoms with Crippen LogP contribution in [0.2, 0.25) is 6.32 Å². The van der Waals surface area contributed by atoms with Crippen molar-refractivity contribution in [1.82, 2.24) is 0 Å². The number of hydrogen-bond acceptors (Lipinski definition) is 5. The van der Waals surface area contributed by atoms with E-state index < -0.39 is 13.0 Å². The summed E-state index contributed by atoms with van der Waals surface area (Å²) in [5.74, 6) is -0.687. The monoisotopic (exact) mass is 470 g/mol. The first-order chi connectivity index (χ1) is 16.9. The first kappa shape index (κ1) is 23.8. The van der Waals surface area contributed by atoms with Gasteiger partial charge >= 0.3 is 7.12 Å². The number of phenols is 1. The Balaban J connectivity index is 1.45. The summed E-state index contributed by atoms with van der Waals surface area (Å²) in [6.07, 6.45) is 4.77. The maximum absolute atomic E-state index is 13.6. The first-order valence-electron chi connectivity index (χ1n) is 12.6. The minimum Gasteiger partial charge on any atom is -0.507 e. The third-order valence-electron chi connectivity index (χ3n) is 7.93. The molecule has 0 spiro atoms. The molecule has 5 rings (SSSR count). The predicted octanol–water partition coefficient (Wildman–Crippen LogP) is 5.49. The first-order valence-corrected chi connectivity index (χ1v) is 12.6. The molecule has 1 saturated heterocycles. The number of rotatable bonds is 5. The number of benzene rings is 2. The third-order valence-corrected chi connectivity index (χ3v) is 7.93. The molecule has 1 heterocycles. The molecule has 0 aromatic heterocycles. The van der Waals surface area contributed by atoms with Gasteiger partial charge < -0.3 is 14.8 Å². The zero-order valence-corrected chi connectivity index (χ0v) is 20.2. The Morgan fingerprint density at radius 3 is 2.46 bits per heavy atom. The average molecular weight is 470 g/mol. The van der Waals surface area contributed by atoms with E-state index in [-0.39, 0.29) is 35.3 Å². The maximum Gasteiger partial charge on any atom is 0.455 e. The van der Waals surface area contributed by atoms with Gasteiger partial charge in [-0.2, -0.15) is 0 Å². The number of aromatic hydroxyl groups is 1. The molecule has 1 aliphatic heterocycles. The lowest BCUT2D eigenvalue weighted by molar-refractivity contribution is 0.0599. The number of ketones is 2. The number of allylic oxidation sites excluding steroid dienone is 2. The Morgan fingerprint density at radius 2 is 1.74 bits per heavy atom. The van der Waals surface area contributed by atoms with Crippen LogP contribution in [0.1, 0.15) is 65.8 Å². The second-order valence-corrected chi connectivity index (χ2v) is 10.0. The molecular formula is C29H31BO5. The van der Waals surface area contributed by atoms with E-state index >= 15 is 0 Å². The van der Waals surface area contributed by atoms with Crippen molar-refractivity contribution >= 4 is 24.8 Å². The van der Waals surface area contributed by atoms with Gasteiger partial charge in [-0.05, 0) is 56.5 Å². The van der Waals surface area contributed by atoms with Gasteiger partial charge in [0.2, 0.25) is 0 Å². The lowest BCUT2D eigenvalue weighted by Crippen LogP contribution is -2.50. The quantitative estimate of drug-likeness (QED) is 0.446. The van der Waals surface area contributed by atoms with Gasteiger partial charge in [0.15, 0.2) is 11.6 Å². The lowest BCUT2D eigenvalue weighted by Gasteiger charge is -2.47. The summed E-state index contributed by atoms with van der Waals surface area (Å²) in [7, 11) is -0.965. The van der Waals surface area contributed by atoms with Crippen LogP contribution in [-0.2, 0) is 4.65 Å². The van der Waals surface area contributed by atoms with Crippen LogP contribution in [0, 0.1) is 17.8 Å². The molecule has 180 valence electrons. The largest absolute Gasteiger partial charge is 0.507 e. The van der Waals surface area contributed by atoms with Crippen molar-refractivity contribution in [2.24, 2.45) is 17.8 Å². The van der Waals surface area contributed by atoms with Gasteiger partial charge in [-0.1, -0.05) is 66.6 Å². The van der Waals surface area contributed by atoms with Crippen molar-refractivity contribution in [1.29, 1.82) is 0 Å². The van der Waals surface area contributed by atoms with Crippen molar-refractivity contribution in [2.75, 3.05) is 0 Å². The molecule has 4 atom stereocenters. The highest BCUT2D eigenvalue weighted by molar-refractivity contribution is 6.43. The summed E-state index contributed by atoms with van der Waals surface area (Å²) in [5, 5.41) is 20.8. The van der Waals surface area contributed by atoms with Crippen molar-refractivity contribution in [3.8, 4) is 5.75 Å². The van der Waals surface area contributed by atoms with Crippen molar-refractivity contribution in [2.45, 2.75) is 52.0 Å². The summed E-state index contributed by atoms with van der Waals surface area (Å²) in [5.41, 5.74) is 5.22. The second kappa shape index (κ2) is 9.59. The summed E-state index contributed by atoms with van der Waals surface area (Å²) < 4.78 is 6.05. The van der Waals surface area contributed by atoms with E-state index in [0.717, 1.165) is 29.6 Å². The van der Waals surface area contributed by atoms with Crippen molar-refractivity contribution in [3.05, 3.63) is 81.9 Å². The van der Waals surface area contributed by atoms with Crippen LogP contribution in [0.25, 0.3) is 6.08 Å². The van der Waals surface area contributed by atoms with E-state index in [0.29, 0.717) is 30.3 Å². The third kappa shape index (κ3) is 4.30. The van der Waals surface area contributed by atoms with Gasteiger partial charge in [-0.25, -0.2) is 0 Å². The molecule has 5 nitrogen and oxygen atoms in total. The van der Waals surface area contributed by atoms with Crippen LogP contribution >= 0.6 is 0 Å². The molecule has 6 heteroatoms. The average Bonchev–Trinajstić information content (AvgIpc) is 2.86. The highest BCUT2D eigenvalue weighted by atomic mass is 16.5. The molecule has 2 aliphatic carbocycles. The smallest absolute Gasteiger partial charge is 0.455 e. The maximum atomic E-state index is 13.6. The molecule has 35 heavy (non-hydrogen) atoms. The number of carbonyl (C=O) groups is 2. The summed E-state index contributed by atoms with van der Waals surface area (Å²) in [6.45, 7) is 4.11. The fourth-order valence-electron chi connectivity index (χ4n) is 6.31. The van der Waals surface area contributed by atoms with E-state index in [4.69, 9.17) is 4.65 Å². The van der Waals surface area contributed by atoms with Crippen LogP contribution in [0.3, 0.4) is 0 Å². The Morgan fingerprint density at radius 1 is 1.06 bits per heavy atom. The van der Waals surface area contributed by atoms with Gasteiger partial charge in [-0.3, -0.25) is 9.59 Å². The summed E-state index contributed by atoms with van der Waals surface area (Å²) in [6, 6.07) is 14.4. The van der Waals surface area contributed by atoms with E-state index in [2.05, 4.69) is 6.92 Å². The number of phenolic OH excluding ortho intramolecular Hbond substituents is 1. The van der Waals surface area contributed by atoms with Gasteiger partial charge in [0, 0.05) is 28.5 Å².